The van der Waals surface area contributed by atoms with Crippen LogP contribution in [0.2, 0.25) is 0 Å². The fourth-order valence-electron chi connectivity index (χ4n) is 3.17. The van der Waals surface area contributed by atoms with Gasteiger partial charge in [-0.3, -0.25) is 14.5 Å². The molecule has 150 valence electrons. The standard InChI is InChI=1S/C21H24N2O4.ClH/c1-12-8-13(2)20-15(9-12)17(24)10-19(27-20)21(25)22-11-16(23(4)5)18-7-6-14(3)26-18;/h6-10,16H,11H2,1-5H3,(H,22,25);1H. The summed E-state index contributed by atoms with van der Waals surface area (Å²) in [6.45, 7) is 5.99. The van der Waals surface area contributed by atoms with Crippen molar-refractivity contribution in [1.29, 1.82) is 0 Å². The van der Waals surface area contributed by atoms with E-state index in [0.717, 1.165) is 22.6 Å². The van der Waals surface area contributed by atoms with E-state index in [9.17, 15) is 9.59 Å². The van der Waals surface area contributed by atoms with Gasteiger partial charge in [0.25, 0.3) is 5.91 Å². The topological polar surface area (TPSA) is 75.7 Å². The molecule has 1 N–H and O–H groups in total. The summed E-state index contributed by atoms with van der Waals surface area (Å²) in [5.41, 5.74) is 2.03. The Labute approximate surface area is 169 Å². The Bertz CT molecular complexity index is 1050. The molecule has 1 aromatic carbocycles. The van der Waals surface area contributed by atoms with E-state index in [1.165, 1.54) is 6.07 Å². The summed E-state index contributed by atoms with van der Waals surface area (Å²) in [6.07, 6.45) is 0. The summed E-state index contributed by atoms with van der Waals surface area (Å²) in [6, 6.07) is 8.61. The number of furan rings is 1. The van der Waals surface area contributed by atoms with Gasteiger partial charge in [0.1, 0.15) is 17.1 Å². The Hall–Kier alpha value is -2.57. The number of carbonyl (C=O) groups is 1. The van der Waals surface area contributed by atoms with Crippen LogP contribution in [0.1, 0.15) is 39.2 Å². The zero-order valence-electron chi connectivity index (χ0n) is 16.7. The van der Waals surface area contributed by atoms with Crippen LogP contribution in [0.15, 0.2) is 44.0 Å². The Morgan fingerprint density at radius 3 is 2.43 bits per heavy atom. The third-order valence-electron chi connectivity index (χ3n) is 4.55. The number of hydrogen-bond donors (Lipinski definition) is 1. The van der Waals surface area contributed by atoms with Gasteiger partial charge in [-0.2, -0.15) is 0 Å². The first-order chi connectivity index (χ1) is 12.8. The average molecular weight is 405 g/mol. The molecule has 0 bridgehead atoms. The van der Waals surface area contributed by atoms with Crippen molar-refractivity contribution < 1.29 is 13.6 Å². The summed E-state index contributed by atoms with van der Waals surface area (Å²) in [5.74, 6) is 1.16. The second-order valence-electron chi connectivity index (χ2n) is 7.07. The van der Waals surface area contributed by atoms with Crippen LogP contribution in [-0.2, 0) is 0 Å². The number of carbonyl (C=O) groups excluding carboxylic acids is 1. The van der Waals surface area contributed by atoms with Crippen LogP contribution in [0, 0.1) is 20.8 Å². The van der Waals surface area contributed by atoms with E-state index in [2.05, 4.69) is 5.32 Å². The summed E-state index contributed by atoms with van der Waals surface area (Å²) < 4.78 is 11.4. The molecule has 6 nitrogen and oxygen atoms in total. The maximum atomic E-state index is 12.6. The Morgan fingerprint density at radius 1 is 1.11 bits per heavy atom. The van der Waals surface area contributed by atoms with Crippen LogP contribution in [0.5, 0.6) is 0 Å². The van der Waals surface area contributed by atoms with E-state index in [-0.39, 0.29) is 29.6 Å². The molecule has 2 heterocycles. The minimum atomic E-state index is -0.427. The molecular formula is C21H25ClN2O4. The van der Waals surface area contributed by atoms with Gasteiger partial charge in [0.05, 0.1) is 11.4 Å². The molecule has 7 heteroatoms. The van der Waals surface area contributed by atoms with Gasteiger partial charge >= 0.3 is 0 Å². The monoisotopic (exact) mass is 404 g/mol. The number of amides is 1. The predicted molar refractivity (Wildman–Crippen MR) is 111 cm³/mol. The van der Waals surface area contributed by atoms with E-state index in [0.29, 0.717) is 17.5 Å². The van der Waals surface area contributed by atoms with Crippen molar-refractivity contribution in [3.63, 3.8) is 0 Å². The number of aryl methyl sites for hydroxylation is 3. The smallest absolute Gasteiger partial charge is 0.287 e. The first-order valence-electron chi connectivity index (χ1n) is 8.82. The number of likely N-dealkylation sites (N-methyl/N-ethyl adjacent to an activating group) is 1. The van der Waals surface area contributed by atoms with Crippen LogP contribution in [0.25, 0.3) is 11.0 Å². The molecule has 0 fully saturated rings. The zero-order valence-corrected chi connectivity index (χ0v) is 17.5. The van der Waals surface area contributed by atoms with Crippen molar-refractivity contribution in [3.05, 3.63) is 69.0 Å². The van der Waals surface area contributed by atoms with E-state index in [4.69, 9.17) is 8.83 Å². The molecule has 1 unspecified atom stereocenters. The first-order valence-corrected chi connectivity index (χ1v) is 8.82. The van der Waals surface area contributed by atoms with Gasteiger partial charge in [-0.25, -0.2) is 0 Å². The van der Waals surface area contributed by atoms with Crippen LogP contribution < -0.4 is 10.7 Å². The van der Waals surface area contributed by atoms with Crippen molar-refractivity contribution >= 4 is 29.3 Å². The first kappa shape index (κ1) is 21.7. The van der Waals surface area contributed by atoms with Crippen molar-refractivity contribution in [3.8, 4) is 0 Å². The largest absolute Gasteiger partial charge is 0.465 e. The van der Waals surface area contributed by atoms with Gasteiger partial charge in [0.2, 0.25) is 0 Å². The summed E-state index contributed by atoms with van der Waals surface area (Å²) in [4.78, 5) is 27.0. The molecule has 0 radical (unpaired) electrons. The summed E-state index contributed by atoms with van der Waals surface area (Å²) in [7, 11) is 3.83. The van der Waals surface area contributed by atoms with Gasteiger partial charge in [-0.1, -0.05) is 6.07 Å². The van der Waals surface area contributed by atoms with E-state index in [1.807, 2.05) is 58.0 Å². The van der Waals surface area contributed by atoms with Gasteiger partial charge in [-0.05, 0) is 64.2 Å². The molecule has 0 saturated carbocycles. The molecule has 0 aliphatic heterocycles. The molecule has 3 rings (SSSR count). The molecule has 1 amide bonds. The van der Waals surface area contributed by atoms with Crippen molar-refractivity contribution in [1.82, 2.24) is 10.2 Å². The molecule has 0 aliphatic carbocycles. The Morgan fingerprint density at radius 2 is 1.82 bits per heavy atom. The number of fused-ring (bicyclic) bond motifs is 1. The average Bonchev–Trinajstić information content (AvgIpc) is 3.01. The minimum absolute atomic E-state index is 0. The number of halogens is 1. The Balaban J connectivity index is 0.00000280. The number of rotatable bonds is 5. The molecule has 2 aromatic heterocycles. The SMILES string of the molecule is Cc1cc(C)c2oc(C(=O)NCC(c3ccc(C)o3)N(C)C)cc(=O)c2c1.Cl. The lowest BCUT2D eigenvalue weighted by Gasteiger charge is -2.22. The minimum Gasteiger partial charge on any atom is -0.465 e. The van der Waals surface area contributed by atoms with Crippen LogP contribution >= 0.6 is 12.4 Å². The third kappa shape index (κ3) is 4.46. The number of benzene rings is 1. The van der Waals surface area contributed by atoms with Gasteiger partial charge in [0, 0.05) is 12.6 Å². The van der Waals surface area contributed by atoms with Crippen molar-refractivity contribution in [2.24, 2.45) is 0 Å². The second-order valence-corrected chi connectivity index (χ2v) is 7.07. The fourth-order valence-corrected chi connectivity index (χ4v) is 3.17. The molecule has 0 spiro atoms. The molecule has 1 atom stereocenters. The maximum absolute atomic E-state index is 12.6. The highest BCUT2D eigenvalue weighted by molar-refractivity contribution is 5.93. The lowest BCUT2D eigenvalue weighted by Crippen LogP contribution is -2.34. The van der Waals surface area contributed by atoms with Crippen LogP contribution in [0.4, 0.5) is 0 Å². The van der Waals surface area contributed by atoms with E-state index >= 15 is 0 Å². The Kier molecular flexibility index (Phi) is 6.69. The van der Waals surface area contributed by atoms with Crippen molar-refractivity contribution in [2.45, 2.75) is 26.8 Å². The molecule has 0 saturated heterocycles. The van der Waals surface area contributed by atoms with E-state index in [1.54, 1.807) is 6.07 Å². The second kappa shape index (κ2) is 8.63. The third-order valence-corrected chi connectivity index (χ3v) is 4.55. The number of nitrogens with one attached hydrogen (secondary N) is 1. The summed E-state index contributed by atoms with van der Waals surface area (Å²) >= 11 is 0. The van der Waals surface area contributed by atoms with Crippen LogP contribution in [-0.4, -0.2) is 31.4 Å². The van der Waals surface area contributed by atoms with E-state index < -0.39 is 5.91 Å². The number of hydrogen-bond acceptors (Lipinski definition) is 5. The van der Waals surface area contributed by atoms with Gasteiger partial charge in [0.15, 0.2) is 11.2 Å². The predicted octanol–water partition coefficient (Wildman–Crippen LogP) is 3.77. The highest BCUT2D eigenvalue weighted by Crippen LogP contribution is 2.21. The molecule has 3 aromatic rings. The lowest BCUT2D eigenvalue weighted by molar-refractivity contribution is 0.0911. The van der Waals surface area contributed by atoms with Gasteiger partial charge in [-0.15, -0.1) is 12.4 Å². The van der Waals surface area contributed by atoms with Crippen molar-refractivity contribution in [2.75, 3.05) is 20.6 Å². The molecular weight excluding hydrogens is 380 g/mol. The molecule has 0 aliphatic rings. The highest BCUT2D eigenvalue weighted by atomic mass is 35.5. The quantitative estimate of drug-likeness (QED) is 0.700. The van der Waals surface area contributed by atoms with Crippen LogP contribution in [0.3, 0.4) is 0 Å². The highest BCUT2D eigenvalue weighted by Gasteiger charge is 2.20. The fraction of sp³-hybridized carbons (Fsp3) is 0.333. The normalized spacial score (nSPS) is 12.1. The lowest BCUT2D eigenvalue weighted by atomic mass is 10.1. The number of nitrogens with zero attached hydrogens (tertiary/aromatic N) is 1. The summed E-state index contributed by atoms with van der Waals surface area (Å²) in [5, 5.41) is 3.32. The zero-order chi connectivity index (χ0) is 19.7. The molecule has 28 heavy (non-hydrogen) atoms. The maximum Gasteiger partial charge on any atom is 0.287 e. The van der Waals surface area contributed by atoms with Gasteiger partial charge < -0.3 is 14.2 Å².